The summed E-state index contributed by atoms with van der Waals surface area (Å²) in [6.45, 7) is 0. The zero-order chi connectivity index (χ0) is 31.5. The summed E-state index contributed by atoms with van der Waals surface area (Å²) in [6.07, 6.45) is 0. The molecule has 0 unspecified atom stereocenters. The Balaban J connectivity index is 1.49. The summed E-state index contributed by atoms with van der Waals surface area (Å²) in [5.41, 5.74) is 10.7. The average molecular weight is 603 g/mol. The number of benzene rings is 8. The Hall–Kier alpha value is -6.12. The average Bonchev–Trinajstić information content (AvgIpc) is 3.43. The number of phenols is 2. The Morgan fingerprint density at radius 1 is 0.298 bits per heavy atom. The molecule has 0 bridgehead atoms. The van der Waals surface area contributed by atoms with Crippen molar-refractivity contribution in [1.82, 2.24) is 0 Å². The Bertz CT molecular complexity index is 2290. The van der Waals surface area contributed by atoms with Crippen LogP contribution in [-0.2, 0) is 5.41 Å². The van der Waals surface area contributed by atoms with Gasteiger partial charge in [0.2, 0.25) is 0 Å². The van der Waals surface area contributed by atoms with Crippen LogP contribution >= 0.6 is 0 Å². The summed E-state index contributed by atoms with van der Waals surface area (Å²) in [5, 5.41) is 25.9. The molecule has 0 saturated carbocycles. The van der Waals surface area contributed by atoms with Crippen LogP contribution in [0.25, 0.3) is 54.9 Å². The summed E-state index contributed by atoms with van der Waals surface area (Å²) in [7, 11) is 0. The highest BCUT2D eigenvalue weighted by Crippen LogP contribution is 2.61. The van der Waals surface area contributed by atoms with Crippen LogP contribution < -0.4 is 0 Å². The summed E-state index contributed by atoms with van der Waals surface area (Å²) >= 11 is 0. The topological polar surface area (TPSA) is 40.5 Å². The van der Waals surface area contributed by atoms with E-state index in [-0.39, 0.29) is 11.5 Å². The van der Waals surface area contributed by atoms with Crippen molar-refractivity contribution in [1.29, 1.82) is 0 Å². The second-order valence-corrected chi connectivity index (χ2v) is 12.4. The van der Waals surface area contributed by atoms with Gasteiger partial charge in [0, 0.05) is 0 Å². The molecule has 0 spiro atoms. The van der Waals surface area contributed by atoms with E-state index in [4.69, 9.17) is 0 Å². The largest absolute Gasteiger partial charge is 0.508 e. The van der Waals surface area contributed by atoms with Crippen LogP contribution in [0.3, 0.4) is 0 Å². The van der Waals surface area contributed by atoms with E-state index < -0.39 is 5.41 Å². The van der Waals surface area contributed by atoms with Crippen LogP contribution in [-0.4, -0.2) is 10.2 Å². The molecule has 1 aliphatic rings. The van der Waals surface area contributed by atoms with Crippen molar-refractivity contribution in [3.8, 4) is 44.9 Å². The third-order valence-corrected chi connectivity index (χ3v) is 9.93. The lowest BCUT2D eigenvalue weighted by atomic mass is 9.64. The summed E-state index contributed by atoms with van der Waals surface area (Å²) in [6, 6.07) is 58.9. The maximum atomic E-state index is 10.5. The van der Waals surface area contributed by atoms with E-state index in [1.54, 1.807) is 24.3 Å². The second kappa shape index (κ2) is 10.5. The van der Waals surface area contributed by atoms with Crippen LogP contribution in [0.1, 0.15) is 22.3 Å². The molecule has 0 fully saturated rings. The number of fused-ring (bicyclic) bond motifs is 5. The van der Waals surface area contributed by atoms with Gasteiger partial charge in [0.05, 0.1) is 5.41 Å². The van der Waals surface area contributed by atoms with Crippen LogP contribution in [0.4, 0.5) is 0 Å². The van der Waals surface area contributed by atoms with Gasteiger partial charge in [0.25, 0.3) is 0 Å². The van der Waals surface area contributed by atoms with Gasteiger partial charge in [0.15, 0.2) is 0 Å². The number of aromatic hydroxyl groups is 2. The molecule has 0 amide bonds. The van der Waals surface area contributed by atoms with Gasteiger partial charge in [-0.3, -0.25) is 0 Å². The van der Waals surface area contributed by atoms with Gasteiger partial charge in [-0.2, -0.15) is 0 Å². The molecule has 0 saturated heterocycles. The van der Waals surface area contributed by atoms with Crippen molar-refractivity contribution < 1.29 is 10.2 Å². The molecule has 2 N–H and O–H groups in total. The second-order valence-electron chi connectivity index (χ2n) is 12.4. The van der Waals surface area contributed by atoms with Gasteiger partial charge in [-0.25, -0.2) is 0 Å². The first-order valence-corrected chi connectivity index (χ1v) is 16.0. The molecule has 2 heteroatoms. The lowest BCUT2D eigenvalue weighted by molar-refractivity contribution is 0.475. The van der Waals surface area contributed by atoms with Crippen LogP contribution in [0.2, 0.25) is 0 Å². The minimum absolute atomic E-state index is 0.220. The van der Waals surface area contributed by atoms with Crippen molar-refractivity contribution in [2.24, 2.45) is 0 Å². The Morgan fingerprint density at radius 2 is 0.617 bits per heavy atom. The van der Waals surface area contributed by atoms with E-state index in [9.17, 15) is 10.2 Å². The predicted molar refractivity (Wildman–Crippen MR) is 193 cm³/mol. The first-order chi connectivity index (χ1) is 23.1. The highest BCUT2D eigenvalue weighted by molar-refractivity contribution is 6.05. The zero-order valence-corrected chi connectivity index (χ0v) is 25.6. The summed E-state index contributed by atoms with van der Waals surface area (Å²) in [4.78, 5) is 0. The fourth-order valence-electron chi connectivity index (χ4n) is 8.02. The van der Waals surface area contributed by atoms with Crippen molar-refractivity contribution in [3.05, 3.63) is 192 Å². The van der Waals surface area contributed by atoms with Crippen molar-refractivity contribution in [2.75, 3.05) is 0 Å². The summed E-state index contributed by atoms with van der Waals surface area (Å²) < 4.78 is 0. The van der Waals surface area contributed by atoms with E-state index in [2.05, 4.69) is 146 Å². The maximum Gasteiger partial charge on any atom is 0.115 e. The van der Waals surface area contributed by atoms with Gasteiger partial charge in [0.1, 0.15) is 11.5 Å². The van der Waals surface area contributed by atoms with E-state index in [1.807, 2.05) is 0 Å². The molecule has 2 nitrogen and oxygen atoms in total. The molecule has 9 rings (SSSR count). The van der Waals surface area contributed by atoms with Crippen molar-refractivity contribution in [2.45, 2.75) is 5.41 Å². The number of hydrogen-bond acceptors (Lipinski definition) is 2. The van der Waals surface area contributed by atoms with Crippen LogP contribution in [0, 0.1) is 0 Å². The normalized spacial score (nSPS) is 13.0. The van der Waals surface area contributed by atoms with Crippen LogP contribution in [0.5, 0.6) is 11.5 Å². The first-order valence-electron chi connectivity index (χ1n) is 16.0. The van der Waals surface area contributed by atoms with Crippen molar-refractivity contribution in [3.63, 3.8) is 0 Å². The quantitative estimate of drug-likeness (QED) is 0.210. The van der Waals surface area contributed by atoms with E-state index >= 15 is 0 Å². The number of phenolic OH excluding ortho intramolecular Hbond substituents is 2. The number of rotatable bonds is 4. The predicted octanol–water partition coefficient (Wildman–Crippen LogP) is 11.1. The van der Waals surface area contributed by atoms with Gasteiger partial charge in [-0.1, -0.05) is 146 Å². The van der Waals surface area contributed by atoms with E-state index in [0.29, 0.717) is 0 Å². The van der Waals surface area contributed by atoms with Crippen LogP contribution in [0.15, 0.2) is 170 Å². The monoisotopic (exact) mass is 602 g/mol. The molecule has 0 aliphatic heterocycles. The molecule has 47 heavy (non-hydrogen) atoms. The fraction of sp³-hybridized carbons (Fsp3) is 0.0222. The molecule has 1 aliphatic carbocycles. The maximum absolute atomic E-state index is 10.5. The molecule has 222 valence electrons. The Labute approximate surface area is 273 Å². The smallest absolute Gasteiger partial charge is 0.115 e. The SMILES string of the molecule is Oc1ccc(C2(c3ccc(O)cc3)c3c(cccc3-c3cccc4ccccc34)-c3cccc(-c4cccc5ccccc45)c32)cc1. The van der Waals surface area contributed by atoms with E-state index in [1.165, 1.54) is 54.9 Å². The van der Waals surface area contributed by atoms with E-state index in [0.717, 1.165) is 22.3 Å². The Morgan fingerprint density at radius 3 is 1.04 bits per heavy atom. The Kier molecular flexibility index (Phi) is 6.06. The van der Waals surface area contributed by atoms with Gasteiger partial charge in [-0.05, 0) is 101 Å². The molecule has 0 atom stereocenters. The highest BCUT2D eigenvalue weighted by Gasteiger charge is 2.49. The molecule has 0 aromatic heterocycles. The summed E-state index contributed by atoms with van der Waals surface area (Å²) in [5.74, 6) is 0.440. The van der Waals surface area contributed by atoms with Crippen molar-refractivity contribution >= 4 is 21.5 Å². The third kappa shape index (κ3) is 3.98. The molecular weight excluding hydrogens is 572 g/mol. The molecular formula is C45H30O2. The fourth-order valence-corrected chi connectivity index (χ4v) is 8.02. The highest BCUT2D eigenvalue weighted by atomic mass is 16.3. The van der Waals surface area contributed by atoms with Gasteiger partial charge < -0.3 is 10.2 Å². The molecule has 0 heterocycles. The molecule has 8 aromatic carbocycles. The molecule has 8 aromatic rings. The standard InChI is InChI=1S/C45H30O2/c46-33-25-21-31(22-26-33)45(32-23-27-34(47)28-24-32)43-39(37-15-5-11-29-9-1-3-13-35(29)37)17-7-19-41(43)42-20-8-18-40(44(42)45)38-16-6-12-30-10-2-4-14-36(30)38/h1-28,46-47H. The van der Waals surface area contributed by atoms with Gasteiger partial charge in [-0.15, -0.1) is 0 Å². The third-order valence-electron chi connectivity index (χ3n) is 9.93. The number of hydrogen-bond donors (Lipinski definition) is 2. The minimum atomic E-state index is -0.785. The lowest BCUT2D eigenvalue weighted by Gasteiger charge is -2.37. The minimum Gasteiger partial charge on any atom is -0.508 e. The molecule has 0 radical (unpaired) electrons. The van der Waals surface area contributed by atoms with Gasteiger partial charge >= 0.3 is 0 Å². The zero-order valence-electron chi connectivity index (χ0n) is 25.6. The lowest BCUT2D eigenvalue weighted by Crippen LogP contribution is -2.30. The first kappa shape index (κ1) is 27.2.